The molecule has 2 N–H and O–H groups in total. The average molecular weight is 326 g/mol. The minimum atomic E-state index is -0.108. The first-order chi connectivity index (χ1) is 8.54. The zero-order chi connectivity index (χ0) is 13.3. The number of hydrogen-bond acceptors (Lipinski definition) is 4. The van der Waals surface area contributed by atoms with Gasteiger partial charge in [-0.05, 0) is 46.6 Å². The van der Waals surface area contributed by atoms with Crippen LogP contribution in [0.3, 0.4) is 0 Å². The standard InChI is InChI=1S/C13H12BrNO2S/c1-7-6-10(18-13(7)14)12(16)11-8(15)4-3-5-9(11)17-2/h3-6H,15H2,1-2H3. The predicted octanol–water partition coefficient (Wildman–Crippen LogP) is 3.64. The van der Waals surface area contributed by atoms with E-state index in [0.29, 0.717) is 21.9 Å². The third-order valence-corrected chi connectivity index (χ3v) is 4.72. The molecule has 1 aromatic heterocycles. The lowest BCUT2D eigenvalue weighted by molar-refractivity contribution is 0.104. The molecule has 2 rings (SSSR count). The van der Waals surface area contributed by atoms with E-state index in [1.165, 1.54) is 18.4 Å². The van der Waals surface area contributed by atoms with Crippen molar-refractivity contribution < 1.29 is 9.53 Å². The zero-order valence-electron chi connectivity index (χ0n) is 9.99. The van der Waals surface area contributed by atoms with Crippen LogP contribution in [0.2, 0.25) is 0 Å². The van der Waals surface area contributed by atoms with E-state index >= 15 is 0 Å². The molecule has 0 radical (unpaired) electrons. The Morgan fingerprint density at radius 3 is 2.72 bits per heavy atom. The third-order valence-electron chi connectivity index (χ3n) is 2.59. The summed E-state index contributed by atoms with van der Waals surface area (Å²) in [5.74, 6) is 0.394. The van der Waals surface area contributed by atoms with Crippen molar-refractivity contribution in [3.8, 4) is 5.75 Å². The molecule has 1 aromatic carbocycles. The number of carbonyl (C=O) groups is 1. The number of anilines is 1. The normalized spacial score (nSPS) is 10.4. The molecule has 0 spiro atoms. The molecule has 0 atom stereocenters. The second-order valence-corrected chi connectivity index (χ2v) is 6.19. The Morgan fingerprint density at radius 1 is 1.44 bits per heavy atom. The first-order valence-electron chi connectivity index (χ1n) is 5.27. The molecule has 0 saturated heterocycles. The van der Waals surface area contributed by atoms with Crippen molar-refractivity contribution in [2.24, 2.45) is 0 Å². The molecule has 94 valence electrons. The van der Waals surface area contributed by atoms with Crippen molar-refractivity contribution in [1.29, 1.82) is 0 Å². The number of ether oxygens (including phenoxy) is 1. The molecule has 0 aliphatic heterocycles. The van der Waals surface area contributed by atoms with Gasteiger partial charge in [0.05, 0.1) is 21.3 Å². The molecular formula is C13H12BrNO2S. The van der Waals surface area contributed by atoms with Crippen molar-refractivity contribution in [1.82, 2.24) is 0 Å². The van der Waals surface area contributed by atoms with Crippen LogP contribution in [0, 0.1) is 6.92 Å². The van der Waals surface area contributed by atoms with Gasteiger partial charge in [0, 0.05) is 5.69 Å². The van der Waals surface area contributed by atoms with E-state index in [2.05, 4.69) is 15.9 Å². The van der Waals surface area contributed by atoms with Gasteiger partial charge in [0.15, 0.2) is 0 Å². The number of benzene rings is 1. The highest BCUT2D eigenvalue weighted by atomic mass is 79.9. The van der Waals surface area contributed by atoms with Crippen LogP contribution in [0.1, 0.15) is 20.8 Å². The quantitative estimate of drug-likeness (QED) is 0.692. The van der Waals surface area contributed by atoms with Crippen LogP contribution in [0.5, 0.6) is 5.75 Å². The van der Waals surface area contributed by atoms with E-state index < -0.39 is 0 Å². The number of nitrogens with two attached hydrogens (primary N) is 1. The number of hydrogen-bond donors (Lipinski definition) is 1. The van der Waals surface area contributed by atoms with Gasteiger partial charge in [0.2, 0.25) is 5.78 Å². The van der Waals surface area contributed by atoms with Gasteiger partial charge in [-0.25, -0.2) is 0 Å². The second kappa shape index (κ2) is 5.12. The van der Waals surface area contributed by atoms with Crippen LogP contribution in [-0.4, -0.2) is 12.9 Å². The van der Waals surface area contributed by atoms with Crippen molar-refractivity contribution in [3.63, 3.8) is 0 Å². The Balaban J connectivity index is 2.52. The second-order valence-electron chi connectivity index (χ2n) is 3.82. The number of carbonyl (C=O) groups excluding carboxylic acids is 1. The van der Waals surface area contributed by atoms with Crippen molar-refractivity contribution in [3.05, 3.63) is 44.1 Å². The number of halogens is 1. The summed E-state index contributed by atoms with van der Waals surface area (Å²) in [6.07, 6.45) is 0. The third kappa shape index (κ3) is 2.28. The van der Waals surface area contributed by atoms with Crippen molar-refractivity contribution in [2.45, 2.75) is 6.92 Å². The summed E-state index contributed by atoms with van der Waals surface area (Å²) in [5, 5.41) is 0. The van der Waals surface area contributed by atoms with E-state index in [1.807, 2.05) is 13.0 Å². The molecule has 2 aromatic rings. The molecule has 0 fully saturated rings. The van der Waals surface area contributed by atoms with Crippen molar-refractivity contribution >= 4 is 38.7 Å². The summed E-state index contributed by atoms with van der Waals surface area (Å²) in [6, 6.07) is 7.05. The number of ketones is 1. The van der Waals surface area contributed by atoms with Crippen LogP contribution < -0.4 is 10.5 Å². The number of rotatable bonds is 3. The first-order valence-corrected chi connectivity index (χ1v) is 6.88. The fourth-order valence-electron chi connectivity index (χ4n) is 1.66. The Hall–Kier alpha value is -1.33. The molecule has 0 aliphatic carbocycles. The molecule has 3 nitrogen and oxygen atoms in total. The summed E-state index contributed by atoms with van der Waals surface area (Å²) >= 11 is 4.82. The largest absolute Gasteiger partial charge is 0.496 e. The Labute approximate surface area is 118 Å². The number of aryl methyl sites for hydroxylation is 1. The van der Waals surface area contributed by atoms with Crippen molar-refractivity contribution in [2.75, 3.05) is 12.8 Å². The van der Waals surface area contributed by atoms with Gasteiger partial charge in [-0.15, -0.1) is 11.3 Å². The molecule has 5 heteroatoms. The highest BCUT2D eigenvalue weighted by Gasteiger charge is 2.20. The minimum absolute atomic E-state index is 0.108. The van der Waals surface area contributed by atoms with E-state index in [4.69, 9.17) is 10.5 Å². The molecule has 18 heavy (non-hydrogen) atoms. The Bertz CT molecular complexity index is 588. The lowest BCUT2D eigenvalue weighted by Crippen LogP contribution is -2.06. The predicted molar refractivity (Wildman–Crippen MR) is 77.6 cm³/mol. The van der Waals surface area contributed by atoms with Crippen LogP contribution in [0.4, 0.5) is 5.69 Å². The Kier molecular flexibility index (Phi) is 3.73. The van der Waals surface area contributed by atoms with E-state index in [1.54, 1.807) is 18.2 Å². The molecular weight excluding hydrogens is 314 g/mol. The van der Waals surface area contributed by atoms with Crippen LogP contribution in [-0.2, 0) is 0 Å². The van der Waals surface area contributed by atoms with Gasteiger partial charge in [0.25, 0.3) is 0 Å². The molecule has 1 heterocycles. The summed E-state index contributed by atoms with van der Waals surface area (Å²) in [4.78, 5) is 13.1. The van der Waals surface area contributed by atoms with Crippen LogP contribution in [0.15, 0.2) is 28.1 Å². The fourth-order valence-corrected chi connectivity index (χ4v) is 3.14. The van der Waals surface area contributed by atoms with Gasteiger partial charge in [0.1, 0.15) is 5.75 Å². The maximum absolute atomic E-state index is 12.4. The highest BCUT2D eigenvalue weighted by molar-refractivity contribution is 9.11. The summed E-state index contributed by atoms with van der Waals surface area (Å²) in [5.41, 5.74) is 7.77. The van der Waals surface area contributed by atoms with E-state index in [0.717, 1.165) is 9.35 Å². The molecule has 0 amide bonds. The Morgan fingerprint density at radius 2 is 2.17 bits per heavy atom. The van der Waals surface area contributed by atoms with Crippen LogP contribution >= 0.6 is 27.3 Å². The fraction of sp³-hybridized carbons (Fsp3) is 0.154. The van der Waals surface area contributed by atoms with E-state index in [-0.39, 0.29) is 5.78 Å². The van der Waals surface area contributed by atoms with Gasteiger partial charge >= 0.3 is 0 Å². The molecule has 0 bridgehead atoms. The monoisotopic (exact) mass is 325 g/mol. The maximum Gasteiger partial charge on any atom is 0.208 e. The number of nitrogen functional groups attached to an aromatic ring is 1. The maximum atomic E-state index is 12.4. The number of methoxy groups -OCH3 is 1. The number of thiophene rings is 1. The average Bonchev–Trinajstić information content (AvgIpc) is 2.68. The topological polar surface area (TPSA) is 52.3 Å². The zero-order valence-corrected chi connectivity index (χ0v) is 12.4. The lowest BCUT2D eigenvalue weighted by Gasteiger charge is -2.08. The van der Waals surface area contributed by atoms with Gasteiger partial charge < -0.3 is 10.5 Å². The van der Waals surface area contributed by atoms with Gasteiger partial charge in [-0.3, -0.25) is 4.79 Å². The van der Waals surface area contributed by atoms with Gasteiger partial charge in [-0.1, -0.05) is 6.07 Å². The lowest BCUT2D eigenvalue weighted by atomic mass is 10.1. The molecule has 0 aliphatic rings. The minimum Gasteiger partial charge on any atom is -0.496 e. The molecule has 0 saturated carbocycles. The molecule has 0 unspecified atom stereocenters. The van der Waals surface area contributed by atoms with E-state index in [9.17, 15) is 4.79 Å². The van der Waals surface area contributed by atoms with Crippen LogP contribution in [0.25, 0.3) is 0 Å². The first kappa shape index (κ1) is 13.1. The summed E-state index contributed by atoms with van der Waals surface area (Å²) < 4.78 is 6.16. The smallest absolute Gasteiger partial charge is 0.208 e. The van der Waals surface area contributed by atoms with Gasteiger partial charge in [-0.2, -0.15) is 0 Å². The summed E-state index contributed by atoms with van der Waals surface area (Å²) in [7, 11) is 1.53. The summed E-state index contributed by atoms with van der Waals surface area (Å²) in [6.45, 7) is 1.95. The highest BCUT2D eigenvalue weighted by Crippen LogP contribution is 2.33. The SMILES string of the molecule is COc1cccc(N)c1C(=O)c1cc(C)c(Br)s1.